The summed E-state index contributed by atoms with van der Waals surface area (Å²) in [5.41, 5.74) is 0. The van der Waals surface area contributed by atoms with E-state index in [4.69, 9.17) is 5.11 Å². The number of amides is 2. The molecule has 3 heterocycles. The van der Waals surface area contributed by atoms with Gasteiger partial charge in [-0.05, 0) is 38.5 Å². The number of rotatable bonds is 13. The van der Waals surface area contributed by atoms with Gasteiger partial charge in [-0.3, -0.25) is 14.4 Å². The van der Waals surface area contributed by atoms with Crippen molar-refractivity contribution in [3.63, 3.8) is 0 Å². The molecule has 7 nitrogen and oxygen atoms in total. The Balaban J connectivity index is 1.98. The molecule has 3 aliphatic rings. The average molecular weight is 481 g/mol. The molecular weight excluding hydrogens is 440 g/mol. The third kappa shape index (κ3) is 4.45. The second-order valence-electron chi connectivity index (χ2n) is 9.98. The zero-order chi connectivity index (χ0) is 24.3. The maximum atomic E-state index is 14.2. The van der Waals surface area contributed by atoms with E-state index in [2.05, 4.69) is 20.4 Å². The third-order valence-corrected chi connectivity index (χ3v) is 10.00. The lowest BCUT2D eigenvalue weighted by Crippen LogP contribution is -2.58. The van der Waals surface area contributed by atoms with E-state index in [1.807, 2.05) is 11.8 Å². The van der Waals surface area contributed by atoms with Crippen LogP contribution in [0.15, 0.2) is 12.7 Å². The minimum Gasteiger partial charge on any atom is -0.481 e. The van der Waals surface area contributed by atoms with Crippen molar-refractivity contribution in [2.45, 2.75) is 87.8 Å². The highest BCUT2D eigenvalue weighted by Gasteiger charge is 2.76. The Morgan fingerprint density at radius 3 is 2.64 bits per heavy atom. The monoisotopic (exact) mass is 480 g/mol. The van der Waals surface area contributed by atoms with Crippen LogP contribution in [-0.4, -0.2) is 79.6 Å². The van der Waals surface area contributed by atoms with E-state index in [0.29, 0.717) is 13.1 Å². The topological polar surface area (TPSA) is 98.2 Å². The zero-order valence-electron chi connectivity index (χ0n) is 20.2. The summed E-state index contributed by atoms with van der Waals surface area (Å²) in [5.74, 6) is -2.42. The number of aliphatic carboxylic acids is 1. The van der Waals surface area contributed by atoms with Crippen molar-refractivity contribution in [2.24, 2.45) is 17.8 Å². The van der Waals surface area contributed by atoms with Gasteiger partial charge in [-0.1, -0.05) is 39.2 Å². The minimum absolute atomic E-state index is 0.0200. The zero-order valence-corrected chi connectivity index (χ0v) is 21.1. The van der Waals surface area contributed by atoms with E-state index in [9.17, 15) is 19.5 Å². The first-order valence-corrected chi connectivity index (χ1v) is 13.4. The molecule has 0 saturated carbocycles. The summed E-state index contributed by atoms with van der Waals surface area (Å²) < 4.78 is -0.682. The molecular formula is C25H40N2O5S. The third-order valence-electron chi connectivity index (χ3n) is 7.92. The van der Waals surface area contributed by atoms with Crippen LogP contribution < -0.4 is 0 Å². The van der Waals surface area contributed by atoms with Crippen molar-refractivity contribution in [3.05, 3.63) is 12.7 Å². The van der Waals surface area contributed by atoms with Gasteiger partial charge in [0.1, 0.15) is 6.04 Å². The minimum atomic E-state index is -0.919. The van der Waals surface area contributed by atoms with Gasteiger partial charge < -0.3 is 20.0 Å². The number of likely N-dealkylation sites (tertiary alicyclic amines) is 1. The van der Waals surface area contributed by atoms with Crippen LogP contribution in [-0.2, 0) is 14.4 Å². The van der Waals surface area contributed by atoms with Gasteiger partial charge in [0.25, 0.3) is 0 Å². The summed E-state index contributed by atoms with van der Waals surface area (Å²) in [4.78, 5) is 43.7. The highest BCUT2D eigenvalue weighted by Crippen LogP contribution is 2.68. The Kier molecular flexibility index (Phi) is 8.54. The van der Waals surface area contributed by atoms with E-state index in [1.165, 1.54) is 0 Å². The van der Waals surface area contributed by atoms with Crippen molar-refractivity contribution < 1.29 is 24.6 Å². The molecule has 8 heteroatoms. The van der Waals surface area contributed by atoms with E-state index >= 15 is 0 Å². The Morgan fingerprint density at radius 1 is 1.33 bits per heavy atom. The van der Waals surface area contributed by atoms with Crippen molar-refractivity contribution in [2.75, 3.05) is 19.7 Å². The first-order valence-electron chi connectivity index (χ1n) is 12.5. The van der Waals surface area contributed by atoms with Crippen LogP contribution in [0, 0.1) is 17.8 Å². The number of carboxylic acids is 1. The Bertz CT molecular complexity index is 761. The number of aliphatic hydroxyl groups excluding tert-OH is 1. The molecule has 2 amide bonds. The van der Waals surface area contributed by atoms with Gasteiger partial charge in [-0.25, -0.2) is 0 Å². The van der Waals surface area contributed by atoms with Crippen molar-refractivity contribution in [1.82, 2.24) is 9.80 Å². The summed E-state index contributed by atoms with van der Waals surface area (Å²) in [6, 6.07) is -0.618. The number of carboxylic acid groups (broad SMARTS) is 1. The van der Waals surface area contributed by atoms with Gasteiger partial charge >= 0.3 is 5.97 Å². The van der Waals surface area contributed by atoms with Crippen molar-refractivity contribution in [1.29, 1.82) is 0 Å². The van der Waals surface area contributed by atoms with Crippen LogP contribution in [0.1, 0.15) is 65.7 Å². The summed E-state index contributed by atoms with van der Waals surface area (Å²) in [6.07, 6.45) is 7.46. The molecule has 0 aromatic carbocycles. The standard InChI is InChI=1S/C25H40N2O5S/c1-5-11-17(4)26(12-6-2)23(30)21-25-16(3)15-18(33-25)19(24(31)32)20(25)22(29)27(21)13-9-7-8-10-14-28/h6,16-21,28H,2,5,7-15H2,1,3-4H3,(H,31,32)/t16?,17?,18-,19+,20-,21?,25?/m0/s1. The second kappa shape index (κ2) is 10.8. The molecule has 3 rings (SSSR count). The molecule has 186 valence electrons. The van der Waals surface area contributed by atoms with Crippen LogP contribution in [0.3, 0.4) is 0 Å². The highest BCUT2D eigenvalue weighted by atomic mass is 32.2. The van der Waals surface area contributed by atoms with Crippen LogP contribution in [0.25, 0.3) is 0 Å². The molecule has 3 aliphatic heterocycles. The number of aliphatic hydroxyl groups is 1. The van der Waals surface area contributed by atoms with Crippen LogP contribution in [0.5, 0.6) is 0 Å². The Morgan fingerprint density at radius 2 is 2.03 bits per heavy atom. The van der Waals surface area contributed by atoms with Gasteiger partial charge in [-0.15, -0.1) is 18.3 Å². The molecule has 0 radical (unpaired) electrons. The smallest absolute Gasteiger partial charge is 0.308 e. The fraction of sp³-hybridized carbons (Fsp3) is 0.800. The molecule has 0 aromatic rings. The number of carbonyl (C=O) groups is 3. The Labute approximate surface area is 202 Å². The molecule has 3 saturated heterocycles. The van der Waals surface area contributed by atoms with Gasteiger partial charge in [-0.2, -0.15) is 0 Å². The molecule has 0 aromatic heterocycles. The first-order chi connectivity index (χ1) is 15.8. The maximum Gasteiger partial charge on any atom is 0.308 e. The van der Waals surface area contributed by atoms with Crippen molar-refractivity contribution >= 4 is 29.5 Å². The molecule has 4 unspecified atom stereocenters. The number of fused-ring (bicyclic) bond motifs is 1. The van der Waals surface area contributed by atoms with Crippen LogP contribution >= 0.6 is 11.8 Å². The van der Waals surface area contributed by atoms with Gasteiger partial charge in [0, 0.05) is 31.0 Å². The molecule has 0 aliphatic carbocycles. The van der Waals surface area contributed by atoms with E-state index < -0.39 is 28.6 Å². The van der Waals surface area contributed by atoms with Gasteiger partial charge in [0.2, 0.25) is 11.8 Å². The average Bonchev–Trinajstić information content (AvgIpc) is 3.35. The second-order valence-corrected chi connectivity index (χ2v) is 11.5. The number of unbranched alkanes of at least 4 members (excludes halogenated alkanes) is 3. The number of thioether (sulfide) groups is 1. The molecule has 33 heavy (non-hydrogen) atoms. The lowest BCUT2D eigenvalue weighted by Gasteiger charge is -2.41. The predicted molar refractivity (Wildman–Crippen MR) is 130 cm³/mol. The quantitative estimate of drug-likeness (QED) is 0.310. The lowest BCUT2D eigenvalue weighted by molar-refractivity contribution is -0.149. The molecule has 3 fully saturated rings. The van der Waals surface area contributed by atoms with Crippen molar-refractivity contribution in [3.8, 4) is 0 Å². The molecule has 7 atom stereocenters. The van der Waals surface area contributed by atoms with Gasteiger partial charge in [0.15, 0.2) is 0 Å². The Hall–Kier alpha value is -1.54. The summed E-state index contributed by atoms with van der Waals surface area (Å²) in [5, 5.41) is 18.9. The summed E-state index contributed by atoms with van der Waals surface area (Å²) >= 11 is 1.60. The number of nitrogens with zero attached hydrogens (tertiary/aromatic N) is 2. The normalized spacial score (nSPS) is 33.3. The number of hydrogen-bond donors (Lipinski definition) is 2. The van der Waals surface area contributed by atoms with Crippen LogP contribution in [0.4, 0.5) is 0 Å². The lowest BCUT2D eigenvalue weighted by atomic mass is 9.66. The number of hydrogen-bond acceptors (Lipinski definition) is 5. The molecule has 2 bridgehead atoms. The predicted octanol–water partition coefficient (Wildman–Crippen LogP) is 3.16. The fourth-order valence-electron chi connectivity index (χ4n) is 6.43. The summed E-state index contributed by atoms with van der Waals surface area (Å²) in [7, 11) is 0. The highest BCUT2D eigenvalue weighted by molar-refractivity contribution is 8.02. The van der Waals surface area contributed by atoms with E-state index in [0.717, 1.165) is 44.9 Å². The maximum absolute atomic E-state index is 14.2. The fourth-order valence-corrected chi connectivity index (χ4v) is 8.83. The molecule has 2 N–H and O–H groups in total. The van der Waals surface area contributed by atoms with E-state index in [-0.39, 0.29) is 35.6 Å². The first kappa shape index (κ1) is 26.1. The van der Waals surface area contributed by atoms with E-state index in [1.54, 1.807) is 22.7 Å². The van der Waals surface area contributed by atoms with Crippen LogP contribution in [0.2, 0.25) is 0 Å². The number of carbonyl (C=O) groups excluding carboxylic acids is 2. The largest absolute Gasteiger partial charge is 0.481 e. The summed E-state index contributed by atoms with van der Waals surface area (Å²) in [6.45, 7) is 11.1. The SMILES string of the molecule is C=CCN(C(=O)C1N(CCCCCCO)C(=O)[C@@H]2[C@H](C(=O)O)[C@@H]3CC(C)C12S3)C(C)CCC. The molecule has 1 spiro atoms. The van der Waals surface area contributed by atoms with Gasteiger partial charge in [0.05, 0.1) is 16.6 Å².